The second-order valence-electron chi connectivity index (χ2n) is 10.5. The molecule has 0 aromatic heterocycles. The summed E-state index contributed by atoms with van der Waals surface area (Å²) in [5, 5.41) is 20.6. The first-order valence-corrected chi connectivity index (χ1v) is 10.6. The van der Waals surface area contributed by atoms with E-state index in [1.165, 1.54) is 0 Å². The lowest BCUT2D eigenvalue weighted by Crippen LogP contribution is -2.37. The van der Waals surface area contributed by atoms with Crippen LogP contribution in [0.15, 0.2) is 12.1 Å². The molecule has 1 aliphatic heterocycles. The molecule has 0 aliphatic carbocycles. The lowest BCUT2D eigenvalue weighted by atomic mass is 9.78. The number of aliphatic hydroxyl groups excluding tert-OH is 1. The zero-order valence-corrected chi connectivity index (χ0v) is 18.8. The van der Waals surface area contributed by atoms with E-state index in [0.29, 0.717) is 25.0 Å². The highest BCUT2D eigenvalue weighted by Gasteiger charge is 2.30. The van der Waals surface area contributed by atoms with Gasteiger partial charge in [-0.25, -0.2) is 0 Å². The van der Waals surface area contributed by atoms with E-state index in [-0.39, 0.29) is 28.9 Å². The zero-order chi connectivity index (χ0) is 21.3. The van der Waals surface area contributed by atoms with Gasteiger partial charge in [-0.2, -0.15) is 0 Å². The third-order valence-electron chi connectivity index (χ3n) is 5.72. The Bertz CT molecular complexity index is 660. The number of phenols is 1. The Labute approximate surface area is 171 Å². The SMILES string of the molecule is C[C@@H](O)C[C@@H]1CCCN1C(=O)CCc1cc(C(C)(C)C)c(O)c(C(C)(C)C)c1. The van der Waals surface area contributed by atoms with Crippen LogP contribution in [0.25, 0.3) is 0 Å². The van der Waals surface area contributed by atoms with Crippen molar-refractivity contribution in [3.63, 3.8) is 0 Å². The number of hydrogen-bond acceptors (Lipinski definition) is 3. The monoisotopic (exact) mass is 389 g/mol. The molecule has 0 bridgehead atoms. The Kier molecular flexibility index (Phi) is 6.86. The summed E-state index contributed by atoms with van der Waals surface area (Å²) in [5.74, 6) is 0.553. The minimum Gasteiger partial charge on any atom is -0.507 e. The smallest absolute Gasteiger partial charge is 0.223 e. The maximum Gasteiger partial charge on any atom is 0.223 e. The van der Waals surface area contributed by atoms with Crippen LogP contribution in [0.1, 0.15) is 90.8 Å². The first kappa shape index (κ1) is 22.7. The summed E-state index contributed by atoms with van der Waals surface area (Å²) in [5.41, 5.74) is 2.65. The molecule has 1 aromatic rings. The molecule has 0 spiro atoms. The Morgan fingerprint density at radius 3 is 2.14 bits per heavy atom. The highest BCUT2D eigenvalue weighted by atomic mass is 16.3. The van der Waals surface area contributed by atoms with Gasteiger partial charge < -0.3 is 15.1 Å². The molecule has 0 unspecified atom stereocenters. The predicted octanol–water partition coefficient (Wildman–Crippen LogP) is 4.68. The maximum atomic E-state index is 12.8. The van der Waals surface area contributed by atoms with E-state index in [4.69, 9.17) is 0 Å². The van der Waals surface area contributed by atoms with Gasteiger partial charge in [-0.3, -0.25) is 4.79 Å². The first-order valence-electron chi connectivity index (χ1n) is 10.6. The zero-order valence-electron chi connectivity index (χ0n) is 18.8. The molecular weight excluding hydrogens is 350 g/mol. The van der Waals surface area contributed by atoms with Gasteiger partial charge >= 0.3 is 0 Å². The van der Waals surface area contributed by atoms with Crippen molar-refractivity contribution in [3.8, 4) is 5.75 Å². The molecule has 2 rings (SSSR count). The van der Waals surface area contributed by atoms with Crippen LogP contribution in [-0.2, 0) is 22.0 Å². The quantitative estimate of drug-likeness (QED) is 0.768. The summed E-state index contributed by atoms with van der Waals surface area (Å²) < 4.78 is 0. The number of hydrogen-bond donors (Lipinski definition) is 2. The number of aromatic hydroxyl groups is 1. The summed E-state index contributed by atoms with van der Waals surface area (Å²) in [6.45, 7) is 15.2. The number of aliphatic hydroxyl groups is 1. The van der Waals surface area contributed by atoms with Crippen molar-refractivity contribution in [2.45, 2.75) is 104 Å². The number of aryl methyl sites for hydroxylation is 1. The number of phenolic OH excluding ortho intramolecular Hbond substituents is 1. The standard InChI is InChI=1S/C24H39NO3/c1-16(26)13-18-9-8-12-25(18)21(27)11-10-17-14-19(23(2,3)4)22(28)20(15-17)24(5,6)7/h14-16,18,26,28H,8-13H2,1-7H3/t16-,18+/m1/s1. The van der Waals surface area contributed by atoms with Crippen LogP contribution in [0.3, 0.4) is 0 Å². The second-order valence-corrected chi connectivity index (χ2v) is 10.5. The first-order chi connectivity index (χ1) is 12.8. The van der Waals surface area contributed by atoms with E-state index in [9.17, 15) is 15.0 Å². The number of rotatable bonds is 5. The minimum atomic E-state index is -0.376. The molecule has 1 heterocycles. The van der Waals surface area contributed by atoms with E-state index < -0.39 is 0 Å². The van der Waals surface area contributed by atoms with Gasteiger partial charge in [0.2, 0.25) is 5.91 Å². The van der Waals surface area contributed by atoms with Crippen molar-refractivity contribution < 1.29 is 15.0 Å². The molecule has 158 valence electrons. The topological polar surface area (TPSA) is 60.8 Å². The van der Waals surface area contributed by atoms with E-state index in [2.05, 4.69) is 53.7 Å². The molecule has 1 amide bonds. The highest BCUT2D eigenvalue weighted by molar-refractivity contribution is 5.77. The molecule has 28 heavy (non-hydrogen) atoms. The molecule has 1 aliphatic rings. The molecule has 1 fully saturated rings. The van der Waals surface area contributed by atoms with E-state index in [1.54, 1.807) is 6.92 Å². The second kappa shape index (κ2) is 8.44. The van der Waals surface area contributed by atoms with E-state index in [0.717, 1.165) is 36.1 Å². The molecule has 1 saturated heterocycles. The molecule has 2 N–H and O–H groups in total. The van der Waals surface area contributed by atoms with Crippen molar-refractivity contribution in [1.29, 1.82) is 0 Å². The van der Waals surface area contributed by atoms with Gasteiger partial charge in [0.25, 0.3) is 0 Å². The summed E-state index contributed by atoms with van der Waals surface area (Å²) in [6, 6.07) is 4.30. The fourth-order valence-corrected chi connectivity index (χ4v) is 4.18. The molecule has 4 heteroatoms. The molecular formula is C24H39NO3. The van der Waals surface area contributed by atoms with Gasteiger partial charge in [0.1, 0.15) is 5.75 Å². The Morgan fingerprint density at radius 1 is 1.14 bits per heavy atom. The molecule has 0 saturated carbocycles. The van der Waals surface area contributed by atoms with Crippen molar-refractivity contribution in [2.24, 2.45) is 0 Å². The van der Waals surface area contributed by atoms with Gasteiger partial charge in [-0.15, -0.1) is 0 Å². The van der Waals surface area contributed by atoms with Gasteiger partial charge in [-0.05, 0) is 60.1 Å². The van der Waals surface area contributed by atoms with Crippen LogP contribution in [0, 0.1) is 0 Å². The average Bonchev–Trinajstić information content (AvgIpc) is 2.98. The van der Waals surface area contributed by atoms with Crippen LogP contribution in [-0.4, -0.2) is 39.7 Å². The van der Waals surface area contributed by atoms with Crippen molar-refractivity contribution in [1.82, 2.24) is 4.90 Å². The number of benzene rings is 1. The Hall–Kier alpha value is -1.55. The minimum absolute atomic E-state index is 0.165. The summed E-state index contributed by atoms with van der Waals surface area (Å²) in [4.78, 5) is 14.8. The number of carbonyl (C=O) groups is 1. The Balaban J connectivity index is 2.21. The van der Waals surface area contributed by atoms with Crippen molar-refractivity contribution >= 4 is 5.91 Å². The average molecular weight is 390 g/mol. The van der Waals surface area contributed by atoms with Crippen LogP contribution < -0.4 is 0 Å². The van der Waals surface area contributed by atoms with Crippen LogP contribution in [0.4, 0.5) is 0 Å². The Morgan fingerprint density at radius 2 is 1.68 bits per heavy atom. The van der Waals surface area contributed by atoms with E-state index >= 15 is 0 Å². The third kappa shape index (κ3) is 5.50. The number of nitrogens with zero attached hydrogens (tertiary/aromatic N) is 1. The van der Waals surface area contributed by atoms with Crippen LogP contribution in [0.2, 0.25) is 0 Å². The van der Waals surface area contributed by atoms with Gasteiger partial charge in [0, 0.05) is 19.0 Å². The van der Waals surface area contributed by atoms with Crippen molar-refractivity contribution in [2.75, 3.05) is 6.54 Å². The third-order valence-corrected chi connectivity index (χ3v) is 5.72. The lowest BCUT2D eigenvalue weighted by molar-refractivity contribution is -0.132. The van der Waals surface area contributed by atoms with Gasteiger partial charge in [-0.1, -0.05) is 53.7 Å². The summed E-state index contributed by atoms with van der Waals surface area (Å²) in [6.07, 6.45) is 3.42. The van der Waals surface area contributed by atoms with E-state index in [1.807, 2.05) is 4.90 Å². The summed E-state index contributed by atoms with van der Waals surface area (Å²) >= 11 is 0. The fourth-order valence-electron chi connectivity index (χ4n) is 4.18. The van der Waals surface area contributed by atoms with Gasteiger partial charge in [0.15, 0.2) is 0 Å². The largest absolute Gasteiger partial charge is 0.507 e. The van der Waals surface area contributed by atoms with Gasteiger partial charge in [0.05, 0.1) is 6.10 Å². The number of likely N-dealkylation sites (tertiary alicyclic amines) is 1. The number of carbonyl (C=O) groups excluding carboxylic acids is 1. The predicted molar refractivity (Wildman–Crippen MR) is 115 cm³/mol. The lowest BCUT2D eigenvalue weighted by Gasteiger charge is -2.29. The number of amides is 1. The normalized spacial score (nSPS) is 19.1. The molecule has 4 nitrogen and oxygen atoms in total. The molecule has 2 atom stereocenters. The van der Waals surface area contributed by atoms with Crippen LogP contribution in [0.5, 0.6) is 5.75 Å². The fraction of sp³-hybridized carbons (Fsp3) is 0.708. The summed E-state index contributed by atoms with van der Waals surface area (Å²) in [7, 11) is 0. The highest BCUT2D eigenvalue weighted by Crippen LogP contribution is 2.40. The molecule has 0 radical (unpaired) electrons. The molecule has 1 aromatic carbocycles. The maximum absolute atomic E-state index is 12.8. The van der Waals surface area contributed by atoms with Crippen molar-refractivity contribution in [3.05, 3.63) is 28.8 Å². The van der Waals surface area contributed by atoms with Crippen LogP contribution >= 0.6 is 0 Å².